The predicted octanol–water partition coefficient (Wildman–Crippen LogP) is 5.30. The Morgan fingerprint density at radius 3 is 2.38 bits per heavy atom. The van der Waals surface area contributed by atoms with Gasteiger partial charge in [0.25, 0.3) is 5.69 Å². The molecule has 2 aromatic carbocycles. The highest BCUT2D eigenvalue weighted by Crippen LogP contribution is 2.39. The first-order chi connectivity index (χ1) is 13.6. The van der Waals surface area contributed by atoms with Gasteiger partial charge < -0.3 is 14.7 Å². The molecule has 0 saturated heterocycles. The highest BCUT2D eigenvalue weighted by Gasteiger charge is 2.35. The topological polar surface area (TPSA) is 92.9 Å². The number of nitro benzene ring substituents is 1. The standard InChI is InChI=1S/C22H28N2O5/c1-22(2,3)20(17-8-5-9-18(15-17)24(27)28)23(21(25)26)14-6-7-16-10-12-19(29-4)13-11-16/h5,8-13,15,20H,6-7,14H2,1-4H3,(H,25,26). The number of nitro groups is 1. The van der Waals surface area contributed by atoms with E-state index >= 15 is 0 Å². The van der Waals surface area contributed by atoms with Gasteiger partial charge >= 0.3 is 6.09 Å². The molecule has 0 saturated carbocycles. The molecule has 2 rings (SSSR count). The van der Waals surface area contributed by atoms with Crippen molar-refractivity contribution < 1.29 is 19.6 Å². The molecule has 1 amide bonds. The van der Waals surface area contributed by atoms with E-state index in [0.717, 1.165) is 17.7 Å². The Balaban J connectivity index is 2.22. The molecule has 156 valence electrons. The number of carbonyl (C=O) groups is 1. The third kappa shape index (κ3) is 5.94. The van der Waals surface area contributed by atoms with Crippen LogP contribution in [0.4, 0.5) is 10.5 Å². The van der Waals surface area contributed by atoms with Crippen molar-refractivity contribution in [3.63, 3.8) is 0 Å². The Labute approximate surface area is 171 Å². The third-order valence-corrected chi connectivity index (χ3v) is 4.80. The van der Waals surface area contributed by atoms with Crippen molar-refractivity contribution in [2.75, 3.05) is 13.7 Å². The molecule has 0 aliphatic carbocycles. The number of carboxylic acid groups (broad SMARTS) is 1. The van der Waals surface area contributed by atoms with Crippen molar-refractivity contribution >= 4 is 11.8 Å². The number of rotatable bonds is 8. The average molecular weight is 400 g/mol. The highest BCUT2D eigenvalue weighted by atomic mass is 16.6. The molecule has 1 unspecified atom stereocenters. The molecule has 0 bridgehead atoms. The van der Waals surface area contributed by atoms with E-state index in [0.29, 0.717) is 18.5 Å². The van der Waals surface area contributed by atoms with Crippen LogP contribution in [0.15, 0.2) is 48.5 Å². The van der Waals surface area contributed by atoms with Gasteiger partial charge in [0.1, 0.15) is 5.75 Å². The predicted molar refractivity (Wildman–Crippen MR) is 111 cm³/mol. The van der Waals surface area contributed by atoms with E-state index in [1.54, 1.807) is 19.2 Å². The van der Waals surface area contributed by atoms with Crippen LogP contribution in [0.3, 0.4) is 0 Å². The Kier molecular flexibility index (Phi) is 7.20. The van der Waals surface area contributed by atoms with Crippen molar-refractivity contribution in [2.45, 2.75) is 39.7 Å². The Bertz CT molecular complexity index is 843. The quantitative estimate of drug-likeness (QED) is 0.479. The summed E-state index contributed by atoms with van der Waals surface area (Å²) in [7, 11) is 1.61. The lowest BCUT2D eigenvalue weighted by Gasteiger charge is -2.39. The monoisotopic (exact) mass is 400 g/mol. The maximum absolute atomic E-state index is 12.1. The summed E-state index contributed by atoms with van der Waals surface area (Å²) in [6.45, 7) is 6.15. The second-order valence-corrected chi connectivity index (χ2v) is 8.05. The molecule has 7 nitrogen and oxygen atoms in total. The van der Waals surface area contributed by atoms with Crippen LogP contribution >= 0.6 is 0 Å². The number of hydrogen-bond acceptors (Lipinski definition) is 4. The Morgan fingerprint density at radius 2 is 1.86 bits per heavy atom. The van der Waals surface area contributed by atoms with Crippen LogP contribution in [0, 0.1) is 15.5 Å². The summed E-state index contributed by atoms with van der Waals surface area (Å²) in [6, 6.07) is 13.4. The summed E-state index contributed by atoms with van der Waals surface area (Å²) < 4.78 is 5.15. The van der Waals surface area contributed by atoms with Gasteiger partial charge in [0.05, 0.1) is 18.1 Å². The summed E-state index contributed by atoms with van der Waals surface area (Å²) >= 11 is 0. The van der Waals surface area contributed by atoms with E-state index in [1.807, 2.05) is 45.0 Å². The minimum absolute atomic E-state index is 0.0414. The van der Waals surface area contributed by atoms with Gasteiger partial charge in [-0.15, -0.1) is 0 Å². The summed E-state index contributed by atoms with van der Waals surface area (Å²) in [5, 5.41) is 21.1. The molecule has 7 heteroatoms. The molecule has 0 radical (unpaired) electrons. The second kappa shape index (κ2) is 9.41. The van der Waals surface area contributed by atoms with Crippen LogP contribution in [0.25, 0.3) is 0 Å². The number of nitrogens with zero attached hydrogens (tertiary/aromatic N) is 2. The molecule has 0 aliphatic rings. The van der Waals surface area contributed by atoms with Crippen molar-refractivity contribution in [1.82, 2.24) is 4.90 Å². The van der Waals surface area contributed by atoms with Gasteiger partial charge in [0, 0.05) is 18.7 Å². The lowest BCUT2D eigenvalue weighted by Crippen LogP contribution is -2.41. The van der Waals surface area contributed by atoms with E-state index in [4.69, 9.17) is 4.74 Å². The van der Waals surface area contributed by atoms with Crippen LogP contribution < -0.4 is 4.74 Å². The van der Waals surface area contributed by atoms with Crippen molar-refractivity contribution in [3.05, 3.63) is 69.8 Å². The number of non-ortho nitro benzene ring substituents is 1. The maximum atomic E-state index is 12.1. The van der Waals surface area contributed by atoms with Crippen molar-refractivity contribution in [1.29, 1.82) is 0 Å². The fraction of sp³-hybridized carbons (Fsp3) is 0.409. The summed E-state index contributed by atoms with van der Waals surface area (Å²) in [5.41, 5.74) is 1.24. The lowest BCUT2D eigenvalue weighted by atomic mass is 9.81. The number of ether oxygens (including phenoxy) is 1. The fourth-order valence-electron chi connectivity index (χ4n) is 3.54. The van der Waals surface area contributed by atoms with Crippen molar-refractivity contribution in [2.24, 2.45) is 5.41 Å². The molecular weight excluding hydrogens is 372 g/mol. The largest absolute Gasteiger partial charge is 0.497 e. The number of benzene rings is 2. The van der Waals surface area contributed by atoms with E-state index in [9.17, 15) is 20.0 Å². The zero-order chi connectivity index (χ0) is 21.6. The maximum Gasteiger partial charge on any atom is 0.407 e. The van der Waals surface area contributed by atoms with E-state index < -0.39 is 22.5 Å². The van der Waals surface area contributed by atoms with Crippen LogP contribution in [0.5, 0.6) is 5.75 Å². The van der Waals surface area contributed by atoms with Gasteiger partial charge in [-0.1, -0.05) is 45.0 Å². The van der Waals surface area contributed by atoms with Crippen LogP contribution in [0.2, 0.25) is 0 Å². The first-order valence-electron chi connectivity index (χ1n) is 9.50. The first kappa shape index (κ1) is 22.2. The molecule has 29 heavy (non-hydrogen) atoms. The van der Waals surface area contributed by atoms with E-state index in [1.165, 1.54) is 17.0 Å². The van der Waals surface area contributed by atoms with Crippen LogP contribution in [-0.4, -0.2) is 34.7 Å². The van der Waals surface area contributed by atoms with Gasteiger partial charge in [-0.25, -0.2) is 4.79 Å². The van der Waals surface area contributed by atoms with Gasteiger partial charge in [0.2, 0.25) is 0 Å². The zero-order valence-electron chi connectivity index (χ0n) is 17.3. The van der Waals surface area contributed by atoms with Gasteiger partial charge in [0.15, 0.2) is 0 Å². The molecule has 0 spiro atoms. The lowest BCUT2D eigenvalue weighted by molar-refractivity contribution is -0.385. The van der Waals surface area contributed by atoms with Gasteiger partial charge in [-0.3, -0.25) is 10.1 Å². The van der Waals surface area contributed by atoms with Crippen LogP contribution in [0.1, 0.15) is 44.4 Å². The molecule has 1 atom stereocenters. The SMILES string of the molecule is COc1ccc(CCCN(C(=O)O)C(c2cccc([N+](=O)[O-])c2)C(C)(C)C)cc1. The molecule has 1 N–H and O–H groups in total. The number of methoxy groups -OCH3 is 1. The molecular formula is C22H28N2O5. The molecule has 2 aromatic rings. The second-order valence-electron chi connectivity index (χ2n) is 8.05. The van der Waals surface area contributed by atoms with Gasteiger partial charge in [-0.05, 0) is 41.5 Å². The average Bonchev–Trinajstić information content (AvgIpc) is 2.66. The van der Waals surface area contributed by atoms with Crippen LogP contribution in [-0.2, 0) is 6.42 Å². The van der Waals surface area contributed by atoms with E-state index in [2.05, 4.69) is 0 Å². The number of amides is 1. The van der Waals surface area contributed by atoms with Crippen molar-refractivity contribution in [3.8, 4) is 5.75 Å². The summed E-state index contributed by atoms with van der Waals surface area (Å²) in [6.07, 6.45) is 0.325. The normalized spacial score (nSPS) is 12.3. The smallest absolute Gasteiger partial charge is 0.407 e. The summed E-state index contributed by atoms with van der Waals surface area (Å²) in [4.78, 5) is 24.2. The number of aryl methyl sites for hydroxylation is 1. The molecule has 0 heterocycles. The minimum Gasteiger partial charge on any atom is -0.497 e. The fourth-order valence-corrected chi connectivity index (χ4v) is 3.54. The summed E-state index contributed by atoms with van der Waals surface area (Å²) in [5.74, 6) is 0.777. The number of hydrogen-bond donors (Lipinski definition) is 1. The Morgan fingerprint density at radius 1 is 1.21 bits per heavy atom. The molecule has 0 aliphatic heterocycles. The first-order valence-corrected chi connectivity index (χ1v) is 9.50. The highest BCUT2D eigenvalue weighted by molar-refractivity contribution is 5.66. The van der Waals surface area contributed by atoms with E-state index in [-0.39, 0.29) is 5.69 Å². The third-order valence-electron chi connectivity index (χ3n) is 4.80. The minimum atomic E-state index is -1.04. The van der Waals surface area contributed by atoms with Gasteiger partial charge in [-0.2, -0.15) is 0 Å². The molecule has 0 aromatic heterocycles. The zero-order valence-corrected chi connectivity index (χ0v) is 17.3. The Hall–Kier alpha value is -3.09. The molecule has 0 fully saturated rings.